The van der Waals surface area contributed by atoms with E-state index >= 15 is 0 Å². The van der Waals surface area contributed by atoms with Gasteiger partial charge in [-0.2, -0.15) is 0 Å². The molecule has 0 bridgehead atoms. The average Bonchev–Trinajstić information content (AvgIpc) is 2.33. The lowest BCUT2D eigenvalue weighted by molar-refractivity contribution is -0.359. The highest BCUT2D eigenvalue weighted by atomic mass is 16.7. The molecule has 0 saturated carbocycles. The van der Waals surface area contributed by atoms with Crippen LogP contribution in [0.4, 0.5) is 0 Å². The van der Waals surface area contributed by atoms with Crippen molar-refractivity contribution in [1.29, 1.82) is 0 Å². The number of amides is 1. The van der Waals surface area contributed by atoms with Crippen LogP contribution >= 0.6 is 0 Å². The summed E-state index contributed by atoms with van der Waals surface area (Å²) in [5, 5.41) is 87.7. The topological polar surface area (TPSA) is 228 Å². The van der Waals surface area contributed by atoms with E-state index in [1.165, 1.54) is 289 Å². The molecule has 0 aliphatic carbocycles. The second kappa shape index (κ2) is 58.8. The number of hydrogen-bond acceptors (Lipinski definition) is 13. The summed E-state index contributed by atoms with van der Waals surface area (Å²) in [6.45, 7) is 2.94. The van der Waals surface area contributed by atoms with Crippen LogP contribution in [0.15, 0.2) is 0 Å². The second-order valence-corrected chi connectivity index (χ2v) is 27.1. The molecule has 2 aliphatic heterocycles. The summed E-state index contributed by atoms with van der Waals surface area (Å²) in [6.07, 6.45) is 54.2. The number of carbonyl (C=O) groups is 1. The zero-order valence-electron chi connectivity index (χ0n) is 56.6. The van der Waals surface area contributed by atoms with Crippen molar-refractivity contribution in [2.24, 2.45) is 0 Å². The van der Waals surface area contributed by atoms with Crippen LogP contribution in [-0.4, -0.2) is 140 Å². The van der Waals surface area contributed by atoms with Gasteiger partial charge in [0.15, 0.2) is 12.6 Å². The summed E-state index contributed by atoms with van der Waals surface area (Å²) in [4.78, 5) is 13.4. The zero-order valence-corrected chi connectivity index (χ0v) is 56.6. The van der Waals surface area contributed by atoms with E-state index < -0.39 is 86.8 Å². The van der Waals surface area contributed by atoms with Crippen molar-refractivity contribution in [3.63, 3.8) is 0 Å². The molecule has 2 saturated heterocycles. The molecule has 2 fully saturated rings. The Bertz CT molecular complexity index is 1460. The van der Waals surface area contributed by atoms with Crippen molar-refractivity contribution >= 4 is 5.91 Å². The largest absolute Gasteiger partial charge is 0.394 e. The van der Waals surface area contributed by atoms with Gasteiger partial charge in [0.2, 0.25) is 5.91 Å². The highest BCUT2D eigenvalue weighted by molar-refractivity contribution is 5.76. The summed E-state index contributed by atoms with van der Waals surface area (Å²) in [5.41, 5.74) is 0. The van der Waals surface area contributed by atoms with Crippen LogP contribution in [0, 0.1) is 0 Å². The molecule has 0 radical (unpaired) electrons. The number of ether oxygens (including phenoxy) is 4. The second-order valence-electron chi connectivity index (χ2n) is 27.1. The lowest BCUT2D eigenvalue weighted by atomic mass is 9.97. The van der Waals surface area contributed by atoms with Gasteiger partial charge in [0.05, 0.1) is 32.0 Å². The molecule has 2 rings (SSSR count). The van der Waals surface area contributed by atoms with Crippen LogP contribution in [-0.2, 0) is 23.7 Å². The maximum atomic E-state index is 13.4. The van der Waals surface area contributed by atoms with E-state index in [4.69, 9.17) is 18.9 Å². The molecule has 0 aromatic heterocycles. The van der Waals surface area contributed by atoms with Gasteiger partial charge in [-0.1, -0.05) is 348 Å². The molecule has 1 amide bonds. The summed E-state index contributed by atoms with van der Waals surface area (Å²) in [7, 11) is 0. The predicted octanol–water partition coefficient (Wildman–Crippen LogP) is 16.0. The van der Waals surface area contributed by atoms with Gasteiger partial charge in [0.25, 0.3) is 0 Å². The molecular weight excluding hydrogens is 1100 g/mol. The quantitative estimate of drug-likeness (QED) is 0.0259. The van der Waals surface area contributed by atoms with Crippen molar-refractivity contribution in [3.05, 3.63) is 0 Å². The van der Waals surface area contributed by atoms with Crippen LogP contribution in [0.2, 0.25) is 0 Å². The molecule has 0 aromatic carbocycles. The molecule has 87 heavy (non-hydrogen) atoms. The Morgan fingerprint density at radius 2 is 0.655 bits per heavy atom. The highest BCUT2D eigenvalue weighted by Gasteiger charge is 2.51. The summed E-state index contributed by atoms with van der Waals surface area (Å²) in [5.74, 6) is -0.196. The van der Waals surface area contributed by atoms with Gasteiger partial charge in [0.1, 0.15) is 48.8 Å². The fraction of sp³-hybridized carbons (Fsp3) is 0.986. The molecule has 0 spiro atoms. The van der Waals surface area contributed by atoms with Gasteiger partial charge in [-0.3, -0.25) is 4.79 Å². The van der Waals surface area contributed by atoms with Gasteiger partial charge in [-0.25, -0.2) is 0 Å². The number of aliphatic hydroxyl groups is 8. The van der Waals surface area contributed by atoms with E-state index in [9.17, 15) is 45.6 Å². The van der Waals surface area contributed by atoms with Crippen LogP contribution in [0.5, 0.6) is 0 Å². The molecule has 12 atom stereocenters. The van der Waals surface area contributed by atoms with E-state index in [0.29, 0.717) is 12.8 Å². The van der Waals surface area contributed by atoms with Gasteiger partial charge >= 0.3 is 0 Å². The standard InChI is InChI=1S/C73H143NO13/c1-3-5-7-9-11-13-15-17-19-21-23-25-27-29-30-31-33-35-37-39-41-43-45-47-49-51-53-55-57-65(78)74-61(60-84-72-70(83)68(81)71(64(59-76)86-72)87-73-69(82)67(80)66(79)63(58-75)85-73)62(77)56-54-52-50-48-46-44-42-40-38-36-34-32-28-26-24-22-20-18-16-14-12-10-8-6-4-2/h61-64,66-73,75-77,79-83H,3-60H2,1-2H3,(H,74,78). The maximum absolute atomic E-state index is 13.4. The first kappa shape index (κ1) is 82.1. The number of carbonyl (C=O) groups excluding carboxylic acids is 1. The fourth-order valence-corrected chi connectivity index (χ4v) is 13.1. The third-order valence-electron chi connectivity index (χ3n) is 19.1. The van der Waals surface area contributed by atoms with Gasteiger partial charge in [0, 0.05) is 6.42 Å². The zero-order chi connectivity index (χ0) is 63.1. The lowest BCUT2D eigenvalue weighted by Gasteiger charge is -2.46. The van der Waals surface area contributed by atoms with Crippen molar-refractivity contribution in [1.82, 2.24) is 5.32 Å². The number of aliphatic hydroxyl groups excluding tert-OH is 8. The molecule has 9 N–H and O–H groups in total. The molecule has 518 valence electrons. The van der Waals surface area contributed by atoms with E-state index in [0.717, 1.165) is 51.4 Å². The van der Waals surface area contributed by atoms with Gasteiger partial charge in [-0.05, 0) is 12.8 Å². The summed E-state index contributed by atoms with van der Waals surface area (Å²) >= 11 is 0. The Morgan fingerprint density at radius 3 is 0.977 bits per heavy atom. The number of hydrogen-bond donors (Lipinski definition) is 9. The monoisotopic (exact) mass is 1240 g/mol. The SMILES string of the molecule is CCCCCCCCCCCCCCCCCCCCCCCCCCCCCCC(=O)NC(COC1OC(CO)C(OC2OC(CO)C(O)C(O)C2O)C(O)C1O)C(O)CCCCCCCCCCCCCCCCCCCCCCCCCCC. The average molecular weight is 1240 g/mol. The smallest absolute Gasteiger partial charge is 0.220 e. The Kier molecular flexibility index (Phi) is 55.5. The van der Waals surface area contributed by atoms with Crippen LogP contribution in [0.1, 0.15) is 367 Å². The molecule has 14 heteroatoms. The minimum absolute atomic E-state index is 0.196. The first-order valence-corrected chi connectivity index (χ1v) is 37.8. The Labute approximate surface area is 534 Å². The summed E-state index contributed by atoms with van der Waals surface area (Å²) < 4.78 is 23.0. The first-order valence-electron chi connectivity index (χ1n) is 37.8. The molecular formula is C73H143NO13. The number of unbranched alkanes of at least 4 members (excludes halogenated alkanes) is 51. The highest BCUT2D eigenvalue weighted by Crippen LogP contribution is 2.30. The number of nitrogens with one attached hydrogen (secondary N) is 1. The Hall–Kier alpha value is -1.01. The third kappa shape index (κ3) is 42.8. The first-order chi connectivity index (χ1) is 42.6. The summed E-state index contributed by atoms with van der Waals surface area (Å²) in [6, 6.07) is -0.825. The van der Waals surface area contributed by atoms with Crippen LogP contribution < -0.4 is 5.32 Å². The molecule has 0 aromatic rings. The maximum Gasteiger partial charge on any atom is 0.220 e. The van der Waals surface area contributed by atoms with Crippen molar-refractivity contribution in [3.8, 4) is 0 Å². The number of rotatable bonds is 64. The van der Waals surface area contributed by atoms with Crippen molar-refractivity contribution < 1.29 is 64.6 Å². The molecule has 14 nitrogen and oxygen atoms in total. The Balaban J connectivity index is 1.63. The van der Waals surface area contributed by atoms with Gasteiger partial charge in [-0.15, -0.1) is 0 Å². The minimum Gasteiger partial charge on any atom is -0.394 e. The normalized spacial score (nSPS) is 23.1. The van der Waals surface area contributed by atoms with E-state index in [-0.39, 0.29) is 12.5 Å². The third-order valence-corrected chi connectivity index (χ3v) is 19.1. The Morgan fingerprint density at radius 1 is 0.368 bits per heavy atom. The molecule has 2 heterocycles. The molecule has 12 unspecified atom stereocenters. The predicted molar refractivity (Wildman–Crippen MR) is 356 cm³/mol. The van der Waals surface area contributed by atoms with E-state index in [2.05, 4.69) is 19.2 Å². The van der Waals surface area contributed by atoms with Crippen molar-refractivity contribution in [2.75, 3.05) is 19.8 Å². The minimum atomic E-state index is -1.78. The van der Waals surface area contributed by atoms with Crippen molar-refractivity contribution in [2.45, 2.75) is 441 Å². The van der Waals surface area contributed by atoms with Gasteiger partial charge < -0.3 is 65.1 Å². The lowest BCUT2D eigenvalue weighted by Crippen LogP contribution is -2.65. The van der Waals surface area contributed by atoms with Crippen LogP contribution in [0.3, 0.4) is 0 Å². The molecule has 2 aliphatic rings. The van der Waals surface area contributed by atoms with E-state index in [1.54, 1.807) is 0 Å². The van der Waals surface area contributed by atoms with Crippen LogP contribution in [0.25, 0.3) is 0 Å². The van der Waals surface area contributed by atoms with E-state index in [1.807, 2.05) is 0 Å². The fourth-order valence-electron chi connectivity index (χ4n) is 13.1.